The second kappa shape index (κ2) is 18.5. The van der Waals surface area contributed by atoms with Gasteiger partial charge < -0.3 is 37.6 Å². The summed E-state index contributed by atoms with van der Waals surface area (Å²) in [7, 11) is 1.00. The summed E-state index contributed by atoms with van der Waals surface area (Å²) >= 11 is 5.46. The number of nitrogens with one attached hydrogen (secondary N) is 1. The van der Waals surface area contributed by atoms with Crippen LogP contribution in [0.25, 0.3) is 11.4 Å². The maximum Gasteiger partial charge on any atom is 0.334 e. The van der Waals surface area contributed by atoms with Crippen molar-refractivity contribution in [2.75, 3.05) is 30.0 Å². The Hall–Kier alpha value is -6.67. The highest BCUT2D eigenvalue weighted by molar-refractivity contribution is 6.33. The second-order valence-electron chi connectivity index (χ2n) is 9.31. The van der Waals surface area contributed by atoms with Crippen LogP contribution in [0.4, 0.5) is 34.5 Å². The first-order valence-corrected chi connectivity index (χ1v) is 14.0. The zero-order valence-corrected chi connectivity index (χ0v) is 27.4. The number of nitro groups is 2. The largest absolute Gasteiger partial charge is 0.400 e. The van der Waals surface area contributed by atoms with E-state index in [9.17, 15) is 20.2 Å². The van der Waals surface area contributed by atoms with Crippen molar-refractivity contribution < 1.29 is 15.0 Å². The highest BCUT2D eigenvalue weighted by Gasteiger charge is 2.20. The predicted molar refractivity (Wildman–Crippen MR) is 184 cm³/mol. The molecule has 10 N–H and O–H groups in total. The molecule has 0 aliphatic rings. The Bertz CT molecular complexity index is 1940. The molecule has 0 radical (unpaired) electrons. The quantitative estimate of drug-likeness (QED) is 0.114. The van der Waals surface area contributed by atoms with Gasteiger partial charge in [0.05, 0.1) is 51.6 Å². The lowest BCUT2D eigenvalue weighted by Crippen LogP contribution is -2.03. The summed E-state index contributed by atoms with van der Waals surface area (Å²) in [5.74, 6) is 0.0743. The third-order valence-electron chi connectivity index (χ3n) is 5.81. The fraction of sp³-hybridized carbons (Fsp3) is 0.143. The SMILES string of the molecule is CO.Cc1cn(-c2ccnc(N)c2N)cn1.Cc1cn(-c2ccnc(N)c2[N+](=O)[O-])cn1.Cc1cnc[nH]1.Nc1nccc(Cl)c1[N+](=O)[O-]. The van der Waals surface area contributed by atoms with E-state index in [1.807, 2.05) is 24.6 Å². The van der Waals surface area contributed by atoms with Gasteiger partial charge in [0, 0.05) is 50.0 Å². The minimum absolute atomic E-state index is 0.00231. The summed E-state index contributed by atoms with van der Waals surface area (Å²) in [6.45, 7) is 5.68. The molecule has 0 bridgehead atoms. The van der Waals surface area contributed by atoms with Gasteiger partial charge in [-0.2, -0.15) is 0 Å². The van der Waals surface area contributed by atoms with Crippen molar-refractivity contribution in [2.45, 2.75) is 20.8 Å². The van der Waals surface area contributed by atoms with Gasteiger partial charge in [-0.25, -0.2) is 29.9 Å². The van der Waals surface area contributed by atoms with E-state index in [1.54, 1.807) is 48.8 Å². The van der Waals surface area contributed by atoms with Crippen LogP contribution in [0.1, 0.15) is 17.1 Å². The van der Waals surface area contributed by atoms with Gasteiger partial charge in [0.25, 0.3) is 0 Å². The number of H-pyrrole nitrogens is 1. The average molecular weight is 696 g/mol. The van der Waals surface area contributed by atoms with Gasteiger partial charge in [0.1, 0.15) is 16.5 Å². The summed E-state index contributed by atoms with van der Waals surface area (Å²) in [6.07, 6.45) is 14.5. The molecule has 0 saturated heterocycles. The minimum atomic E-state index is -0.662. The van der Waals surface area contributed by atoms with E-state index in [0.717, 1.165) is 29.9 Å². The van der Waals surface area contributed by atoms with E-state index in [4.69, 9.17) is 39.6 Å². The molecule has 0 fully saturated rings. The van der Waals surface area contributed by atoms with Gasteiger partial charge in [-0.15, -0.1) is 0 Å². The van der Waals surface area contributed by atoms with Crippen molar-refractivity contribution in [3.05, 3.63) is 117 Å². The molecule has 6 rings (SSSR count). The second-order valence-corrected chi connectivity index (χ2v) is 9.72. The van der Waals surface area contributed by atoms with E-state index < -0.39 is 9.85 Å². The molecular formula is C28H34ClN15O5. The Morgan fingerprint density at radius 1 is 0.735 bits per heavy atom. The van der Waals surface area contributed by atoms with Gasteiger partial charge in [-0.1, -0.05) is 11.6 Å². The molecule has 6 aromatic rings. The normalized spacial score (nSPS) is 9.67. The molecule has 6 aromatic heterocycles. The lowest BCUT2D eigenvalue weighted by atomic mass is 10.3. The zero-order valence-electron chi connectivity index (χ0n) is 26.7. The highest BCUT2D eigenvalue weighted by atomic mass is 35.5. The summed E-state index contributed by atoms with van der Waals surface area (Å²) in [6, 6.07) is 4.64. The molecule has 49 heavy (non-hydrogen) atoms. The van der Waals surface area contributed by atoms with Crippen molar-refractivity contribution in [3.8, 4) is 11.4 Å². The Morgan fingerprint density at radius 2 is 1.20 bits per heavy atom. The number of aromatic amines is 1. The molecule has 0 atom stereocenters. The van der Waals surface area contributed by atoms with Crippen LogP contribution in [-0.2, 0) is 0 Å². The van der Waals surface area contributed by atoms with E-state index >= 15 is 0 Å². The number of nitrogen functional groups attached to an aromatic ring is 4. The van der Waals surface area contributed by atoms with Crippen LogP contribution in [0.2, 0.25) is 5.02 Å². The lowest BCUT2D eigenvalue weighted by molar-refractivity contribution is -0.384. The summed E-state index contributed by atoms with van der Waals surface area (Å²) in [5, 5.41) is 28.1. The van der Waals surface area contributed by atoms with Crippen LogP contribution in [0.5, 0.6) is 0 Å². The molecular weight excluding hydrogens is 662 g/mol. The van der Waals surface area contributed by atoms with Crippen molar-refractivity contribution >= 4 is 46.1 Å². The summed E-state index contributed by atoms with van der Waals surface area (Å²) < 4.78 is 3.37. The van der Waals surface area contributed by atoms with E-state index in [1.165, 1.54) is 30.9 Å². The average Bonchev–Trinajstić information content (AvgIpc) is 3.83. The number of halogens is 1. The molecule has 0 amide bonds. The molecule has 0 saturated carbocycles. The van der Waals surface area contributed by atoms with Gasteiger partial charge in [0.2, 0.25) is 11.6 Å². The maximum atomic E-state index is 10.9. The van der Waals surface area contributed by atoms with Crippen molar-refractivity contribution in [1.82, 2.24) is 44.0 Å². The maximum absolute atomic E-state index is 10.9. The molecule has 20 nitrogen and oxygen atoms in total. The number of rotatable bonds is 4. The molecule has 0 spiro atoms. The van der Waals surface area contributed by atoms with Crippen molar-refractivity contribution in [2.24, 2.45) is 0 Å². The Morgan fingerprint density at radius 3 is 1.59 bits per heavy atom. The summed E-state index contributed by atoms with van der Waals surface area (Å²) in [5.41, 5.74) is 25.9. The Balaban J connectivity index is 0.000000232. The first kappa shape index (κ1) is 38.5. The van der Waals surface area contributed by atoms with Gasteiger partial charge in [-0.3, -0.25) is 24.8 Å². The zero-order chi connectivity index (χ0) is 36.7. The number of aromatic nitrogens is 9. The fourth-order valence-electron chi connectivity index (χ4n) is 3.62. The van der Waals surface area contributed by atoms with Gasteiger partial charge in [0.15, 0.2) is 0 Å². The van der Waals surface area contributed by atoms with Gasteiger partial charge >= 0.3 is 11.4 Å². The number of imidazole rings is 3. The number of anilines is 4. The number of aliphatic hydroxyl groups excluding tert-OH is 1. The molecule has 0 aromatic carbocycles. The number of hydrogen-bond donors (Lipinski definition) is 6. The van der Waals surface area contributed by atoms with Crippen LogP contribution in [-0.4, -0.2) is 66.1 Å². The van der Waals surface area contributed by atoms with Crippen LogP contribution in [0.3, 0.4) is 0 Å². The van der Waals surface area contributed by atoms with Crippen LogP contribution >= 0.6 is 11.6 Å². The molecule has 6 heterocycles. The number of hydrogen-bond acceptors (Lipinski definition) is 15. The number of nitrogens with two attached hydrogens (primary N) is 4. The van der Waals surface area contributed by atoms with Crippen molar-refractivity contribution in [1.29, 1.82) is 0 Å². The molecule has 0 aliphatic carbocycles. The summed E-state index contributed by atoms with van der Waals surface area (Å²) in [4.78, 5) is 45.8. The third kappa shape index (κ3) is 11.0. The Kier molecular flexibility index (Phi) is 14.5. The molecule has 21 heteroatoms. The monoisotopic (exact) mass is 695 g/mol. The minimum Gasteiger partial charge on any atom is -0.400 e. The molecule has 258 valence electrons. The van der Waals surface area contributed by atoms with Gasteiger partial charge in [-0.05, 0) is 39.0 Å². The number of nitrogens with zero attached hydrogens (tertiary/aromatic N) is 10. The standard InChI is InChI=1S/C9H9N5O2.C9H11N5.C5H4ClN3O2.C4H6N2.CH4O/c1-6-4-13(5-12-6)7-2-3-11-9(10)8(7)14(15)16;1-6-4-14(5-13-6)7-2-3-12-9(11)8(7)10;6-3-1-2-8-5(7)4(3)9(10)11;1-4-2-5-3-6-4;1-2/h2-5H,1H3,(H2,10,11);2-5H,10H2,1H3,(H2,11,12);1-2H,(H2,7,8);2-3H,1H3,(H,5,6);2H,1H3. The van der Waals surface area contributed by atoms with E-state index in [-0.39, 0.29) is 28.0 Å². The van der Waals surface area contributed by atoms with Crippen LogP contribution in [0.15, 0.2) is 74.4 Å². The van der Waals surface area contributed by atoms with E-state index in [2.05, 4.69) is 34.9 Å². The topological polar surface area (TPSA) is 314 Å². The fourth-order valence-corrected chi connectivity index (χ4v) is 3.84. The lowest BCUT2D eigenvalue weighted by Gasteiger charge is -2.06. The molecule has 0 unspecified atom stereocenters. The van der Waals surface area contributed by atoms with Crippen LogP contribution < -0.4 is 22.9 Å². The van der Waals surface area contributed by atoms with Crippen LogP contribution in [0, 0.1) is 41.0 Å². The molecule has 0 aliphatic heterocycles. The first-order chi connectivity index (χ1) is 23.3. The smallest absolute Gasteiger partial charge is 0.334 e. The number of pyridine rings is 3. The first-order valence-electron chi connectivity index (χ1n) is 13.6. The highest BCUT2D eigenvalue weighted by Crippen LogP contribution is 2.28. The predicted octanol–water partition coefficient (Wildman–Crippen LogP) is 3.36. The number of aliphatic hydroxyl groups is 1. The number of aryl methyl sites for hydroxylation is 3. The third-order valence-corrected chi connectivity index (χ3v) is 6.12. The van der Waals surface area contributed by atoms with E-state index in [0.29, 0.717) is 17.2 Å². The Labute approximate surface area is 283 Å². The van der Waals surface area contributed by atoms with Crippen molar-refractivity contribution in [3.63, 3.8) is 0 Å².